The normalized spacial score (nSPS) is 18.2. The summed E-state index contributed by atoms with van der Waals surface area (Å²) in [5.41, 5.74) is 3.97. The lowest BCUT2D eigenvalue weighted by Crippen LogP contribution is -2.40. The van der Waals surface area contributed by atoms with Crippen molar-refractivity contribution in [3.8, 4) is 5.69 Å². The van der Waals surface area contributed by atoms with Gasteiger partial charge in [-0.2, -0.15) is 20.1 Å². The molecule has 45 heavy (non-hydrogen) atoms. The third-order valence-corrected chi connectivity index (χ3v) is 8.10. The maximum atomic E-state index is 11.4. The molecule has 7 rings (SSSR count). The lowest BCUT2D eigenvalue weighted by atomic mass is 9.97. The minimum Gasteiger partial charge on any atom is -0.378 e. The van der Waals surface area contributed by atoms with Crippen LogP contribution in [-0.4, -0.2) is 87.4 Å². The second kappa shape index (κ2) is 12.2. The van der Waals surface area contributed by atoms with Crippen molar-refractivity contribution in [3.63, 3.8) is 0 Å². The maximum absolute atomic E-state index is 11.4. The molecule has 3 aliphatic heterocycles. The number of nitrogens with one attached hydrogen (secondary N) is 3. The number of fused-ring (bicyclic) bond motifs is 1. The minimum atomic E-state index is -0.403. The predicted octanol–water partition coefficient (Wildman–Crippen LogP) is 3.08. The third-order valence-electron chi connectivity index (χ3n) is 7.88. The van der Waals surface area contributed by atoms with Crippen LogP contribution in [0.1, 0.15) is 22.9 Å². The van der Waals surface area contributed by atoms with Gasteiger partial charge in [-0.1, -0.05) is 12.1 Å². The first-order valence-corrected chi connectivity index (χ1v) is 15.0. The zero-order chi connectivity index (χ0) is 30.9. The molecule has 3 aliphatic rings. The van der Waals surface area contributed by atoms with Crippen molar-refractivity contribution in [3.05, 3.63) is 75.5 Å². The molecular weight excluding hydrogens is 598 g/mol. The summed E-state index contributed by atoms with van der Waals surface area (Å²) in [4.78, 5) is 29.5. The van der Waals surface area contributed by atoms with Crippen LogP contribution in [0.15, 0.2) is 48.5 Å². The number of morpholine rings is 2. The zero-order valence-corrected chi connectivity index (χ0v) is 25.3. The standard InChI is InChI=1S/C29H31N11O4S/c1-18-23-24(19-3-2-4-22(17-19)40(41)42)31-29(45)32-25(23)39(36-18)21-7-5-20(6-8-21)30-26-33-27(37-9-13-43-14-10-37)35-28(34-26)38-11-15-44-16-12-38/h2-8,17,24H,9-16H2,1H3,(H2,31,32,45)(H,30,33,34,35). The van der Waals surface area contributed by atoms with Crippen molar-refractivity contribution in [2.45, 2.75) is 13.0 Å². The molecule has 2 aromatic heterocycles. The number of rotatable bonds is 7. The molecular formula is C29H31N11O4S. The predicted molar refractivity (Wildman–Crippen MR) is 172 cm³/mol. The largest absolute Gasteiger partial charge is 0.378 e. The van der Waals surface area contributed by atoms with Crippen LogP contribution in [0.3, 0.4) is 0 Å². The van der Waals surface area contributed by atoms with Gasteiger partial charge in [-0.25, -0.2) is 4.68 Å². The Labute approximate surface area is 263 Å². The van der Waals surface area contributed by atoms with E-state index in [1.54, 1.807) is 16.8 Å². The van der Waals surface area contributed by atoms with E-state index in [1.807, 2.05) is 37.3 Å². The first-order valence-electron chi connectivity index (χ1n) is 14.6. The fourth-order valence-corrected chi connectivity index (χ4v) is 5.86. The summed E-state index contributed by atoms with van der Waals surface area (Å²) in [6, 6.07) is 13.9. The SMILES string of the molecule is Cc1nn(-c2ccc(Nc3nc(N4CCOCC4)nc(N4CCOCC4)n3)cc2)c2c1C(c1cccc([N+](=O)[O-])c1)NC(=S)N2. The van der Waals surface area contributed by atoms with Gasteiger partial charge >= 0.3 is 0 Å². The quantitative estimate of drug-likeness (QED) is 0.155. The topological polar surface area (TPSA) is 161 Å². The number of nitro groups is 1. The Morgan fingerprint density at radius 2 is 1.60 bits per heavy atom. The number of thiocarbonyl (C=S) groups is 1. The van der Waals surface area contributed by atoms with Gasteiger partial charge in [0.05, 0.1) is 48.8 Å². The van der Waals surface area contributed by atoms with E-state index in [9.17, 15) is 10.1 Å². The Morgan fingerprint density at radius 1 is 0.956 bits per heavy atom. The summed E-state index contributed by atoms with van der Waals surface area (Å²) in [5.74, 6) is 2.38. The van der Waals surface area contributed by atoms with E-state index in [2.05, 4.69) is 25.8 Å². The molecule has 2 saturated heterocycles. The Morgan fingerprint density at radius 3 is 2.22 bits per heavy atom. The molecule has 232 valence electrons. The van der Waals surface area contributed by atoms with Crippen LogP contribution in [0, 0.1) is 17.0 Å². The minimum absolute atomic E-state index is 0.0146. The van der Waals surface area contributed by atoms with Gasteiger partial charge in [-0.15, -0.1) is 0 Å². The Hall–Kier alpha value is -4.93. The van der Waals surface area contributed by atoms with Gasteiger partial charge in [-0.05, 0) is 49.0 Å². The first kappa shape index (κ1) is 28.8. The molecule has 2 fully saturated rings. The van der Waals surface area contributed by atoms with E-state index < -0.39 is 11.0 Å². The van der Waals surface area contributed by atoms with E-state index in [0.717, 1.165) is 28.2 Å². The van der Waals surface area contributed by atoms with Crippen molar-refractivity contribution in [1.82, 2.24) is 30.0 Å². The van der Waals surface area contributed by atoms with Gasteiger partial charge in [0.25, 0.3) is 5.69 Å². The maximum Gasteiger partial charge on any atom is 0.269 e. The fraction of sp³-hybridized carbons (Fsp3) is 0.345. The molecule has 4 aromatic rings. The number of aromatic nitrogens is 5. The summed E-state index contributed by atoms with van der Waals surface area (Å²) in [5, 5.41) is 26.5. The number of non-ortho nitro benzene ring substituents is 1. The molecule has 1 atom stereocenters. The summed E-state index contributed by atoms with van der Waals surface area (Å²) >= 11 is 5.52. The highest BCUT2D eigenvalue weighted by molar-refractivity contribution is 7.80. The number of nitro benzene ring substituents is 1. The Balaban J connectivity index is 1.17. The van der Waals surface area contributed by atoms with Gasteiger partial charge in [0, 0.05) is 49.6 Å². The Bertz CT molecular complexity index is 1700. The second-order valence-corrected chi connectivity index (χ2v) is 11.2. The molecule has 15 nitrogen and oxygen atoms in total. The molecule has 0 saturated carbocycles. The van der Waals surface area contributed by atoms with Crippen molar-refractivity contribution >= 4 is 52.4 Å². The van der Waals surface area contributed by atoms with Gasteiger partial charge in [0.15, 0.2) is 5.11 Å². The average Bonchev–Trinajstić information content (AvgIpc) is 3.41. The summed E-state index contributed by atoms with van der Waals surface area (Å²) in [6.45, 7) is 7.26. The number of anilines is 5. The average molecular weight is 630 g/mol. The first-order chi connectivity index (χ1) is 21.9. The van der Waals surface area contributed by atoms with Crippen LogP contribution in [0.4, 0.5) is 35.0 Å². The second-order valence-electron chi connectivity index (χ2n) is 10.8. The number of benzene rings is 2. The van der Waals surface area contributed by atoms with Crippen molar-refractivity contribution in [1.29, 1.82) is 0 Å². The molecule has 0 amide bonds. The molecule has 2 aromatic carbocycles. The molecule has 0 spiro atoms. The smallest absolute Gasteiger partial charge is 0.269 e. The number of aryl methyl sites for hydroxylation is 1. The zero-order valence-electron chi connectivity index (χ0n) is 24.5. The lowest BCUT2D eigenvalue weighted by molar-refractivity contribution is -0.384. The van der Waals surface area contributed by atoms with Crippen molar-refractivity contribution < 1.29 is 14.4 Å². The van der Waals surface area contributed by atoms with Gasteiger partial charge in [0.2, 0.25) is 17.8 Å². The molecule has 5 heterocycles. The van der Waals surface area contributed by atoms with E-state index in [0.29, 0.717) is 81.4 Å². The molecule has 0 bridgehead atoms. The van der Waals surface area contributed by atoms with Crippen LogP contribution in [0.2, 0.25) is 0 Å². The lowest BCUT2D eigenvalue weighted by Gasteiger charge is -2.30. The van der Waals surface area contributed by atoms with Crippen LogP contribution in [0.5, 0.6) is 0 Å². The van der Waals surface area contributed by atoms with E-state index >= 15 is 0 Å². The molecule has 16 heteroatoms. The molecule has 1 unspecified atom stereocenters. The summed E-state index contributed by atoms with van der Waals surface area (Å²) in [6.07, 6.45) is 0. The molecule has 0 radical (unpaired) electrons. The van der Waals surface area contributed by atoms with Crippen molar-refractivity contribution in [2.24, 2.45) is 0 Å². The fourth-order valence-electron chi connectivity index (χ4n) is 5.64. The number of hydrogen-bond donors (Lipinski definition) is 3. The number of nitrogens with zero attached hydrogens (tertiary/aromatic N) is 8. The highest BCUT2D eigenvalue weighted by atomic mass is 32.1. The number of hydrogen-bond acceptors (Lipinski definition) is 12. The van der Waals surface area contributed by atoms with Crippen LogP contribution < -0.4 is 25.8 Å². The third kappa shape index (κ3) is 5.94. The number of ether oxygens (including phenoxy) is 2. The Kier molecular flexibility index (Phi) is 7.83. The highest BCUT2D eigenvalue weighted by Crippen LogP contribution is 2.37. The molecule has 0 aliphatic carbocycles. The molecule has 3 N–H and O–H groups in total. The van der Waals surface area contributed by atoms with Gasteiger partial charge in [0.1, 0.15) is 5.82 Å². The van der Waals surface area contributed by atoms with Crippen molar-refractivity contribution in [2.75, 3.05) is 73.0 Å². The van der Waals surface area contributed by atoms with Crippen LogP contribution >= 0.6 is 12.2 Å². The summed E-state index contributed by atoms with van der Waals surface area (Å²) < 4.78 is 12.8. The van der Waals surface area contributed by atoms with E-state index in [-0.39, 0.29) is 5.69 Å². The van der Waals surface area contributed by atoms with E-state index in [4.69, 9.17) is 41.7 Å². The van der Waals surface area contributed by atoms with Gasteiger partial charge < -0.3 is 35.2 Å². The van der Waals surface area contributed by atoms with Crippen LogP contribution in [0.25, 0.3) is 5.69 Å². The summed E-state index contributed by atoms with van der Waals surface area (Å²) in [7, 11) is 0. The monoisotopic (exact) mass is 629 g/mol. The van der Waals surface area contributed by atoms with Gasteiger partial charge in [-0.3, -0.25) is 10.1 Å². The highest BCUT2D eigenvalue weighted by Gasteiger charge is 2.31. The van der Waals surface area contributed by atoms with E-state index in [1.165, 1.54) is 6.07 Å². The van der Waals surface area contributed by atoms with Crippen LogP contribution in [-0.2, 0) is 9.47 Å².